The Morgan fingerprint density at radius 3 is 2.76 bits per heavy atom. The minimum Gasteiger partial charge on any atom is -0.508 e. The number of hydrogen-bond donors (Lipinski definition) is 2. The van der Waals surface area contributed by atoms with E-state index in [4.69, 9.17) is 9.52 Å². The molecule has 2 aromatic rings. The van der Waals surface area contributed by atoms with Gasteiger partial charge in [-0.2, -0.15) is 0 Å². The number of benzene rings is 1. The van der Waals surface area contributed by atoms with Crippen molar-refractivity contribution < 1.29 is 19.4 Å². The third kappa shape index (κ3) is 1.99. The van der Waals surface area contributed by atoms with Gasteiger partial charge in [-0.25, -0.2) is 4.79 Å². The molecule has 5 nitrogen and oxygen atoms in total. The Morgan fingerprint density at radius 1 is 1.41 bits per heavy atom. The van der Waals surface area contributed by atoms with Crippen LogP contribution in [0.3, 0.4) is 0 Å². The van der Waals surface area contributed by atoms with Gasteiger partial charge >= 0.3 is 11.6 Å². The quantitative estimate of drug-likeness (QED) is 0.767. The highest BCUT2D eigenvalue weighted by atomic mass is 16.4. The molecule has 5 heteroatoms. The first kappa shape index (κ1) is 11.2. The predicted molar refractivity (Wildman–Crippen MR) is 60.2 cm³/mol. The van der Waals surface area contributed by atoms with Crippen molar-refractivity contribution in [3.63, 3.8) is 0 Å². The van der Waals surface area contributed by atoms with Gasteiger partial charge in [-0.15, -0.1) is 0 Å². The van der Waals surface area contributed by atoms with Gasteiger partial charge in [0, 0.05) is 17.0 Å². The first-order valence-corrected chi connectivity index (χ1v) is 4.96. The second-order valence-corrected chi connectivity index (χ2v) is 3.76. The van der Waals surface area contributed by atoms with E-state index in [2.05, 4.69) is 0 Å². The second kappa shape index (κ2) is 3.93. The van der Waals surface area contributed by atoms with Gasteiger partial charge in [0.1, 0.15) is 11.3 Å². The van der Waals surface area contributed by atoms with E-state index in [1.807, 2.05) is 0 Å². The van der Waals surface area contributed by atoms with Gasteiger partial charge in [-0.05, 0) is 24.6 Å². The first-order chi connectivity index (χ1) is 7.99. The Hall–Kier alpha value is -2.30. The van der Waals surface area contributed by atoms with Gasteiger partial charge in [0.15, 0.2) is 0 Å². The lowest BCUT2D eigenvalue weighted by molar-refractivity contribution is -0.136. The molecular formula is C12H10O5. The molecular weight excluding hydrogens is 224 g/mol. The fourth-order valence-electron chi connectivity index (χ4n) is 1.75. The van der Waals surface area contributed by atoms with E-state index in [1.54, 1.807) is 13.0 Å². The second-order valence-electron chi connectivity index (χ2n) is 3.76. The summed E-state index contributed by atoms with van der Waals surface area (Å²) in [4.78, 5) is 22.0. The third-order valence-electron chi connectivity index (χ3n) is 2.53. The third-order valence-corrected chi connectivity index (χ3v) is 2.53. The highest BCUT2D eigenvalue weighted by Crippen LogP contribution is 2.28. The predicted octanol–water partition coefficient (Wildman–Crippen LogP) is 1.43. The number of carboxylic acids is 1. The van der Waals surface area contributed by atoms with Crippen LogP contribution < -0.4 is 5.63 Å². The molecule has 0 aliphatic rings. The zero-order valence-electron chi connectivity index (χ0n) is 9.06. The van der Waals surface area contributed by atoms with Gasteiger partial charge in [0.25, 0.3) is 0 Å². The number of rotatable bonds is 2. The normalized spacial score (nSPS) is 10.6. The van der Waals surface area contributed by atoms with Crippen LogP contribution in [0.25, 0.3) is 11.0 Å². The summed E-state index contributed by atoms with van der Waals surface area (Å²) in [5, 5.41) is 19.0. The Kier molecular flexibility index (Phi) is 2.59. The standard InChI is InChI=1S/C12H10O5/c1-6-4-11(16)17-12-7(6)2-3-9(13)8(12)5-10(14)15/h2-4,13H,5H2,1H3,(H,14,15). The molecule has 17 heavy (non-hydrogen) atoms. The van der Waals surface area contributed by atoms with Crippen LogP contribution in [0.1, 0.15) is 11.1 Å². The molecule has 0 unspecified atom stereocenters. The number of aromatic hydroxyl groups is 1. The molecule has 0 atom stereocenters. The van der Waals surface area contributed by atoms with Crippen LogP contribution in [0, 0.1) is 6.92 Å². The topological polar surface area (TPSA) is 87.7 Å². The largest absolute Gasteiger partial charge is 0.508 e. The maximum atomic E-state index is 11.3. The van der Waals surface area contributed by atoms with E-state index in [-0.39, 0.29) is 16.9 Å². The molecule has 0 spiro atoms. The molecule has 1 aromatic heterocycles. The summed E-state index contributed by atoms with van der Waals surface area (Å²) in [7, 11) is 0. The molecule has 0 aliphatic heterocycles. The van der Waals surface area contributed by atoms with Gasteiger partial charge in [-0.3, -0.25) is 4.79 Å². The van der Waals surface area contributed by atoms with Crippen LogP contribution in [-0.4, -0.2) is 16.2 Å². The van der Waals surface area contributed by atoms with Crippen molar-refractivity contribution in [1.82, 2.24) is 0 Å². The summed E-state index contributed by atoms with van der Waals surface area (Å²) in [5.41, 5.74) is 0.378. The van der Waals surface area contributed by atoms with Crippen LogP contribution in [0.5, 0.6) is 5.75 Å². The van der Waals surface area contributed by atoms with Crippen molar-refractivity contribution >= 4 is 16.9 Å². The molecule has 0 amide bonds. The molecule has 0 fully saturated rings. The Morgan fingerprint density at radius 2 is 2.12 bits per heavy atom. The van der Waals surface area contributed by atoms with E-state index < -0.39 is 18.0 Å². The smallest absolute Gasteiger partial charge is 0.336 e. The van der Waals surface area contributed by atoms with Crippen molar-refractivity contribution in [2.24, 2.45) is 0 Å². The number of fused-ring (bicyclic) bond motifs is 1. The molecule has 1 aromatic carbocycles. The number of carbonyl (C=O) groups is 1. The van der Waals surface area contributed by atoms with Crippen molar-refractivity contribution in [2.75, 3.05) is 0 Å². The maximum absolute atomic E-state index is 11.3. The summed E-state index contributed by atoms with van der Waals surface area (Å²) in [6, 6.07) is 4.31. The molecule has 88 valence electrons. The lowest BCUT2D eigenvalue weighted by Gasteiger charge is -2.07. The molecule has 0 saturated carbocycles. The van der Waals surface area contributed by atoms with E-state index in [0.29, 0.717) is 10.9 Å². The number of aryl methyl sites for hydroxylation is 1. The number of phenols is 1. The van der Waals surface area contributed by atoms with Crippen molar-refractivity contribution in [2.45, 2.75) is 13.3 Å². The van der Waals surface area contributed by atoms with E-state index in [0.717, 1.165) is 0 Å². The molecule has 0 saturated heterocycles. The molecule has 2 N–H and O–H groups in total. The minimum atomic E-state index is -1.10. The first-order valence-electron chi connectivity index (χ1n) is 4.96. The molecule has 1 heterocycles. The van der Waals surface area contributed by atoms with Crippen LogP contribution in [0.2, 0.25) is 0 Å². The lowest BCUT2D eigenvalue weighted by Crippen LogP contribution is -2.04. The SMILES string of the molecule is Cc1cc(=O)oc2c(CC(=O)O)c(O)ccc12. The monoisotopic (exact) mass is 234 g/mol. The summed E-state index contributed by atoms with van der Waals surface area (Å²) >= 11 is 0. The summed E-state index contributed by atoms with van der Waals surface area (Å²) < 4.78 is 4.98. The molecule has 2 rings (SSSR count). The molecule has 0 aliphatic carbocycles. The van der Waals surface area contributed by atoms with Crippen LogP contribution >= 0.6 is 0 Å². The number of phenolic OH excluding ortho intramolecular Hbond substituents is 1. The summed E-state index contributed by atoms with van der Waals surface area (Å²) in [5.74, 6) is -1.29. The number of hydrogen-bond acceptors (Lipinski definition) is 4. The van der Waals surface area contributed by atoms with E-state index >= 15 is 0 Å². The van der Waals surface area contributed by atoms with E-state index in [1.165, 1.54) is 12.1 Å². The molecule has 0 radical (unpaired) electrons. The van der Waals surface area contributed by atoms with Crippen molar-refractivity contribution in [3.05, 3.63) is 39.7 Å². The van der Waals surface area contributed by atoms with Gasteiger partial charge < -0.3 is 14.6 Å². The number of carboxylic acid groups (broad SMARTS) is 1. The van der Waals surface area contributed by atoms with Crippen molar-refractivity contribution in [3.8, 4) is 5.75 Å². The van der Waals surface area contributed by atoms with Gasteiger partial charge in [-0.1, -0.05) is 0 Å². The average Bonchev–Trinajstić information content (AvgIpc) is 2.21. The van der Waals surface area contributed by atoms with Gasteiger partial charge in [0.2, 0.25) is 0 Å². The van der Waals surface area contributed by atoms with Crippen LogP contribution in [0.15, 0.2) is 27.4 Å². The Balaban J connectivity index is 2.84. The lowest BCUT2D eigenvalue weighted by atomic mass is 10.0. The number of aliphatic carboxylic acids is 1. The highest BCUT2D eigenvalue weighted by Gasteiger charge is 2.14. The Labute approximate surface area is 95.9 Å². The van der Waals surface area contributed by atoms with Crippen molar-refractivity contribution in [1.29, 1.82) is 0 Å². The fraction of sp³-hybridized carbons (Fsp3) is 0.167. The zero-order chi connectivity index (χ0) is 12.6. The Bertz CT molecular complexity index is 654. The minimum absolute atomic E-state index is 0.121. The summed E-state index contributed by atoms with van der Waals surface area (Å²) in [6.45, 7) is 1.72. The summed E-state index contributed by atoms with van der Waals surface area (Å²) in [6.07, 6.45) is -0.393. The van der Waals surface area contributed by atoms with E-state index in [9.17, 15) is 14.7 Å². The average molecular weight is 234 g/mol. The van der Waals surface area contributed by atoms with Crippen LogP contribution in [-0.2, 0) is 11.2 Å². The van der Waals surface area contributed by atoms with Gasteiger partial charge in [0.05, 0.1) is 6.42 Å². The fourth-order valence-corrected chi connectivity index (χ4v) is 1.75. The zero-order valence-corrected chi connectivity index (χ0v) is 9.06. The maximum Gasteiger partial charge on any atom is 0.336 e. The highest BCUT2D eigenvalue weighted by molar-refractivity contribution is 5.88. The molecule has 0 bridgehead atoms. The van der Waals surface area contributed by atoms with Crippen LogP contribution in [0.4, 0.5) is 0 Å².